The van der Waals surface area contributed by atoms with Gasteiger partial charge in [-0.3, -0.25) is 4.79 Å². The first-order valence-electron chi connectivity index (χ1n) is 6.46. The summed E-state index contributed by atoms with van der Waals surface area (Å²) in [5, 5.41) is 0. The van der Waals surface area contributed by atoms with Crippen LogP contribution in [0.15, 0.2) is 0 Å². The van der Waals surface area contributed by atoms with Gasteiger partial charge in [0, 0.05) is 6.04 Å². The molecule has 0 aliphatic heterocycles. The van der Waals surface area contributed by atoms with E-state index in [2.05, 4.69) is 25.8 Å². The number of nitrogens with two attached hydrogens (primary N) is 1. The molecule has 17 heavy (non-hydrogen) atoms. The van der Waals surface area contributed by atoms with Gasteiger partial charge in [0.05, 0.1) is 7.11 Å². The van der Waals surface area contributed by atoms with Gasteiger partial charge in [0.15, 0.2) is 0 Å². The predicted molar refractivity (Wildman–Crippen MR) is 68.7 cm³/mol. The molecule has 0 saturated heterocycles. The van der Waals surface area contributed by atoms with E-state index >= 15 is 0 Å². The number of hydrogen-bond donors (Lipinski definition) is 1. The van der Waals surface area contributed by atoms with E-state index < -0.39 is 5.54 Å². The summed E-state index contributed by atoms with van der Waals surface area (Å²) in [6.45, 7) is 5.52. The van der Waals surface area contributed by atoms with Crippen LogP contribution in [0.2, 0.25) is 0 Å². The van der Waals surface area contributed by atoms with Gasteiger partial charge in [-0.05, 0) is 45.2 Å². The SMILES string of the molecule is COC(=O)C1(N)CCC(N(C)CCC(C)C)C1. The molecule has 0 aromatic rings. The zero-order valence-corrected chi connectivity index (χ0v) is 11.5. The fourth-order valence-corrected chi connectivity index (χ4v) is 2.46. The Bertz CT molecular complexity index is 268. The molecule has 0 radical (unpaired) electrons. The Hall–Kier alpha value is -0.610. The minimum Gasteiger partial charge on any atom is -0.468 e. The molecule has 1 saturated carbocycles. The Kier molecular flexibility index (Phi) is 4.95. The van der Waals surface area contributed by atoms with Crippen molar-refractivity contribution < 1.29 is 9.53 Å². The first-order chi connectivity index (χ1) is 7.89. The highest BCUT2D eigenvalue weighted by atomic mass is 16.5. The highest BCUT2D eigenvalue weighted by Crippen LogP contribution is 2.31. The zero-order valence-electron chi connectivity index (χ0n) is 11.5. The first-order valence-corrected chi connectivity index (χ1v) is 6.46. The van der Waals surface area contributed by atoms with Crippen LogP contribution in [0.4, 0.5) is 0 Å². The van der Waals surface area contributed by atoms with Crippen LogP contribution < -0.4 is 5.73 Å². The van der Waals surface area contributed by atoms with E-state index in [-0.39, 0.29) is 5.97 Å². The average Bonchev–Trinajstić information content (AvgIpc) is 2.69. The topological polar surface area (TPSA) is 55.6 Å². The number of nitrogens with zero attached hydrogens (tertiary/aromatic N) is 1. The minimum absolute atomic E-state index is 0.266. The zero-order chi connectivity index (χ0) is 13.1. The van der Waals surface area contributed by atoms with Gasteiger partial charge in [-0.1, -0.05) is 13.8 Å². The van der Waals surface area contributed by atoms with Crippen LogP contribution in [0.5, 0.6) is 0 Å². The molecule has 2 atom stereocenters. The number of rotatable bonds is 5. The van der Waals surface area contributed by atoms with Crippen LogP contribution in [0.1, 0.15) is 39.5 Å². The second-order valence-corrected chi connectivity index (χ2v) is 5.71. The van der Waals surface area contributed by atoms with E-state index in [4.69, 9.17) is 10.5 Å². The maximum Gasteiger partial charge on any atom is 0.325 e. The summed E-state index contributed by atoms with van der Waals surface area (Å²) in [6.07, 6.45) is 3.62. The molecule has 4 heteroatoms. The van der Waals surface area contributed by atoms with Crippen LogP contribution >= 0.6 is 0 Å². The molecule has 1 rings (SSSR count). The van der Waals surface area contributed by atoms with Crippen LogP contribution in [-0.2, 0) is 9.53 Å². The lowest BCUT2D eigenvalue weighted by atomic mass is 9.99. The molecule has 0 aromatic carbocycles. The Morgan fingerprint density at radius 1 is 1.59 bits per heavy atom. The van der Waals surface area contributed by atoms with E-state index in [1.165, 1.54) is 13.5 Å². The van der Waals surface area contributed by atoms with E-state index in [0.29, 0.717) is 18.4 Å². The number of esters is 1. The van der Waals surface area contributed by atoms with E-state index in [9.17, 15) is 4.79 Å². The van der Waals surface area contributed by atoms with Gasteiger partial charge in [0.1, 0.15) is 5.54 Å². The summed E-state index contributed by atoms with van der Waals surface area (Å²) in [7, 11) is 3.53. The van der Waals surface area contributed by atoms with Crippen LogP contribution in [0.25, 0.3) is 0 Å². The Morgan fingerprint density at radius 2 is 2.24 bits per heavy atom. The smallest absolute Gasteiger partial charge is 0.325 e. The van der Waals surface area contributed by atoms with Crippen LogP contribution in [-0.4, -0.2) is 43.2 Å². The number of ether oxygens (including phenoxy) is 1. The summed E-state index contributed by atoms with van der Waals surface area (Å²) in [4.78, 5) is 13.9. The molecule has 1 aliphatic carbocycles. The molecule has 0 amide bonds. The van der Waals surface area contributed by atoms with Crippen LogP contribution in [0.3, 0.4) is 0 Å². The first kappa shape index (κ1) is 14.5. The van der Waals surface area contributed by atoms with E-state index in [1.807, 2.05) is 0 Å². The molecular weight excluding hydrogens is 216 g/mol. The Labute approximate surface area is 104 Å². The summed E-state index contributed by atoms with van der Waals surface area (Å²) in [5.74, 6) is 0.444. The molecule has 2 N–H and O–H groups in total. The summed E-state index contributed by atoms with van der Waals surface area (Å²) >= 11 is 0. The monoisotopic (exact) mass is 242 g/mol. The van der Waals surface area contributed by atoms with Crippen molar-refractivity contribution in [3.05, 3.63) is 0 Å². The van der Waals surface area contributed by atoms with Crippen molar-refractivity contribution in [3.63, 3.8) is 0 Å². The van der Waals surface area contributed by atoms with E-state index in [0.717, 1.165) is 19.4 Å². The van der Waals surface area contributed by atoms with Crippen molar-refractivity contribution in [1.29, 1.82) is 0 Å². The maximum atomic E-state index is 11.6. The standard InChI is InChI=1S/C13H26N2O2/c1-10(2)6-8-15(3)11-5-7-13(14,9-11)12(16)17-4/h10-11H,5-9,14H2,1-4H3. The van der Waals surface area contributed by atoms with Crippen molar-refractivity contribution in [1.82, 2.24) is 4.90 Å². The lowest BCUT2D eigenvalue weighted by Gasteiger charge is -2.27. The van der Waals surface area contributed by atoms with Crippen molar-refractivity contribution in [3.8, 4) is 0 Å². The molecule has 0 heterocycles. The van der Waals surface area contributed by atoms with Crippen molar-refractivity contribution in [2.24, 2.45) is 11.7 Å². The van der Waals surface area contributed by atoms with Crippen LogP contribution in [0, 0.1) is 5.92 Å². The van der Waals surface area contributed by atoms with Gasteiger partial charge in [0.2, 0.25) is 0 Å². The molecule has 4 nitrogen and oxygen atoms in total. The lowest BCUT2D eigenvalue weighted by Crippen LogP contribution is -2.47. The second kappa shape index (κ2) is 5.83. The maximum absolute atomic E-state index is 11.6. The normalized spacial score (nSPS) is 29.0. The Balaban J connectivity index is 2.46. The number of methoxy groups -OCH3 is 1. The van der Waals surface area contributed by atoms with E-state index in [1.54, 1.807) is 0 Å². The van der Waals surface area contributed by atoms with Gasteiger partial charge in [-0.15, -0.1) is 0 Å². The molecule has 100 valence electrons. The van der Waals surface area contributed by atoms with Gasteiger partial charge < -0.3 is 15.4 Å². The minimum atomic E-state index is -0.758. The highest BCUT2D eigenvalue weighted by molar-refractivity contribution is 5.81. The largest absolute Gasteiger partial charge is 0.468 e. The third-order valence-corrected chi connectivity index (χ3v) is 3.80. The van der Waals surface area contributed by atoms with Gasteiger partial charge in [-0.2, -0.15) is 0 Å². The van der Waals surface area contributed by atoms with Gasteiger partial charge in [-0.25, -0.2) is 0 Å². The molecule has 0 bridgehead atoms. The molecule has 2 unspecified atom stereocenters. The van der Waals surface area contributed by atoms with Gasteiger partial charge in [0.25, 0.3) is 0 Å². The predicted octanol–water partition coefficient (Wildman–Crippen LogP) is 1.39. The van der Waals surface area contributed by atoms with Gasteiger partial charge >= 0.3 is 5.97 Å². The summed E-state index contributed by atoms with van der Waals surface area (Å²) in [6, 6.07) is 0.415. The Morgan fingerprint density at radius 3 is 2.76 bits per heavy atom. The second-order valence-electron chi connectivity index (χ2n) is 5.71. The molecule has 0 aromatic heterocycles. The van der Waals surface area contributed by atoms with Crippen molar-refractivity contribution >= 4 is 5.97 Å². The molecule has 0 spiro atoms. The van der Waals surface area contributed by atoms with Crippen molar-refractivity contribution in [2.45, 2.75) is 51.1 Å². The summed E-state index contributed by atoms with van der Waals surface area (Å²) in [5.41, 5.74) is 5.34. The number of carbonyl (C=O) groups is 1. The third kappa shape index (κ3) is 3.68. The fourth-order valence-electron chi connectivity index (χ4n) is 2.46. The fraction of sp³-hybridized carbons (Fsp3) is 0.923. The quantitative estimate of drug-likeness (QED) is 0.740. The molecular formula is C13H26N2O2. The molecule has 1 aliphatic rings. The molecule has 1 fully saturated rings. The lowest BCUT2D eigenvalue weighted by molar-refractivity contribution is -0.146. The van der Waals surface area contributed by atoms with Crippen molar-refractivity contribution in [2.75, 3.05) is 20.7 Å². The average molecular weight is 242 g/mol. The summed E-state index contributed by atoms with van der Waals surface area (Å²) < 4.78 is 4.78. The third-order valence-electron chi connectivity index (χ3n) is 3.80. The number of hydrogen-bond acceptors (Lipinski definition) is 4. The highest BCUT2D eigenvalue weighted by Gasteiger charge is 2.43. The number of carbonyl (C=O) groups excluding carboxylic acids is 1.